The highest BCUT2D eigenvalue weighted by Crippen LogP contribution is 1.99. The van der Waals surface area contributed by atoms with Crippen LogP contribution >= 0.6 is 0 Å². The highest BCUT2D eigenvalue weighted by molar-refractivity contribution is 5.98. The minimum atomic E-state index is -0.256. The van der Waals surface area contributed by atoms with Gasteiger partial charge in [-0.05, 0) is 31.0 Å². The first kappa shape index (κ1) is 8.44. The first-order chi connectivity index (χ1) is 5.84. The average molecular weight is 159 g/mol. The summed E-state index contributed by atoms with van der Waals surface area (Å²) in [5.41, 5.74) is 0.590. The molecule has 1 aromatic rings. The summed E-state index contributed by atoms with van der Waals surface area (Å²) in [6.45, 7) is 1.77. The van der Waals surface area contributed by atoms with Crippen LogP contribution in [0.15, 0.2) is 41.4 Å². The van der Waals surface area contributed by atoms with Crippen LogP contribution in [-0.2, 0) is 0 Å². The zero-order valence-electron chi connectivity index (χ0n) is 6.82. The Labute approximate surface area is 71.3 Å². The van der Waals surface area contributed by atoms with Gasteiger partial charge in [0.25, 0.3) is 5.91 Å². The largest absolute Gasteiger partial charge is 0.285 e. The number of nitrogens with zero attached hydrogens (tertiary/aromatic N) is 1. The molecule has 1 aromatic carbocycles. The maximum atomic E-state index is 11.2. The molecule has 0 aliphatic carbocycles. The minimum absolute atomic E-state index is 0.256. The van der Waals surface area contributed by atoms with Crippen molar-refractivity contribution in [1.82, 2.24) is 0 Å². The molecule has 0 aromatic heterocycles. The van der Waals surface area contributed by atoms with Crippen LogP contribution in [0.3, 0.4) is 0 Å². The van der Waals surface area contributed by atoms with E-state index in [2.05, 4.69) is 10.9 Å². The molecule has 0 saturated carbocycles. The quantitative estimate of drug-likeness (QED) is 0.577. The van der Waals surface area contributed by atoms with Crippen LogP contribution in [-0.4, -0.2) is 11.8 Å². The molecule has 2 nitrogen and oxygen atoms in total. The van der Waals surface area contributed by atoms with Crippen LogP contribution in [0, 0.1) is 0 Å². The summed E-state index contributed by atoms with van der Waals surface area (Å²) in [5.74, 6) is 2.24. The van der Waals surface area contributed by atoms with Gasteiger partial charge in [0.05, 0.1) is 0 Å². The van der Waals surface area contributed by atoms with E-state index in [0.29, 0.717) is 5.56 Å². The Balaban J connectivity index is 2.87. The lowest BCUT2D eigenvalue weighted by Gasteiger charge is -1.89. The number of amides is 1. The number of carbonyl (C=O) groups is 1. The normalized spacial score (nSPS) is 8.42. The average Bonchev–Trinajstić information content (AvgIpc) is 2.15. The number of hydrogen-bond donors (Lipinski definition) is 0. The molecule has 0 aliphatic rings. The second-order valence-electron chi connectivity index (χ2n) is 2.20. The summed E-state index contributed by atoms with van der Waals surface area (Å²) >= 11 is 0. The number of benzene rings is 1. The summed E-state index contributed by atoms with van der Waals surface area (Å²) < 4.78 is 0. The fraction of sp³-hybridized carbons (Fsp3) is 0.100. The van der Waals surface area contributed by atoms with E-state index in [1.165, 1.54) is 0 Å². The van der Waals surface area contributed by atoms with Crippen molar-refractivity contribution in [3.63, 3.8) is 0 Å². The van der Waals surface area contributed by atoms with Gasteiger partial charge in [-0.2, -0.15) is 4.99 Å². The molecular formula is C10H9NO. The van der Waals surface area contributed by atoms with Crippen molar-refractivity contribution in [3.05, 3.63) is 42.0 Å². The predicted molar refractivity (Wildman–Crippen MR) is 48.5 cm³/mol. The topological polar surface area (TPSA) is 29.4 Å². The maximum Gasteiger partial charge on any atom is 0.285 e. The number of rotatable bonds is 1. The molecule has 1 amide bonds. The molecule has 1 rings (SSSR count). The van der Waals surface area contributed by atoms with Crippen LogP contribution in [0.25, 0.3) is 0 Å². The number of allylic oxidation sites excluding steroid dienone is 1. The Kier molecular flexibility index (Phi) is 3.00. The van der Waals surface area contributed by atoms with E-state index in [1.54, 1.807) is 37.3 Å². The second-order valence-corrected chi connectivity index (χ2v) is 2.20. The molecule has 0 bridgehead atoms. The summed E-state index contributed by atoms with van der Waals surface area (Å²) in [6.07, 6.45) is 1.60. The second kappa shape index (κ2) is 4.27. The van der Waals surface area contributed by atoms with Crippen molar-refractivity contribution >= 4 is 11.8 Å². The molecular weight excluding hydrogens is 150 g/mol. The van der Waals surface area contributed by atoms with Crippen LogP contribution in [0.1, 0.15) is 17.3 Å². The van der Waals surface area contributed by atoms with Gasteiger partial charge in [0.1, 0.15) is 0 Å². The third-order valence-electron chi connectivity index (χ3n) is 1.32. The van der Waals surface area contributed by atoms with Gasteiger partial charge in [-0.25, -0.2) is 0 Å². The van der Waals surface area contributed by atoms with Crippen LogP contribution in [0.4, 0.5) is 0 Å². The maximum absolute atomic E-state index is 11.2. The molecule has 2 heteroatoms. The zero-order chi connectivity index (χ0) is 8.81. The number of aliphatic imine (C=N–C) groups is 1. The smallest absolute Gasteiger partial charge is 0.266 e. The van der Waals surface area contributed by atoms with Gasteiger partial charge in [0.2, 0.25) is 0 Å². The lowest BCUT2D eigenvalue weighted by molar-refractivity contribution is 0.100. The predicted octanol–water partition coefficient (Wildman–Crippen LogP) is 2.07. The van der Waals surface area contributed by atoms with Crippen molar-refractivity contribution in [2.45, 2.75) is 6.92 Å². The lowest BCUT2D eigenvalue weighted by Crippen LogP contribution is -1.92. The fourth-order valence-electron chi connectivity index (χ4n) is 0.768. The summed E-state index contributed by atoms with van der Waals surface area (Å²) in [5, 5.41) is 0. The number of carbonyl (C=O) groups excluding carboxylic acids is 1. The van der Waals surface area contributed by atoms with E-state index in [0.717, 1.165) is 0 Å². The van der Waals surface area contributed by atoms with Crippen molar-refractivity contribution in [1.29, 1.82) is 0 Å². The van der Waals surface area contributed by atoms with Gasteiger partial charge < -0.3 is 0 Å². The third-order valence-corrected chi connectivity index (χ3v) is 1.32. The van der Waals surface area contributed by atoms with Gasteiger partial charge in [-0.15, -0.1) is 0 Å². The van der Waals surface area contributed by atoms with Gasteiger partial charge in [0, 0.05) is 5.56 Å². The van der Waals surface area contributed by atoms with Crippen molar-refractivity contribution in [2.24, 2.45) is 4.99 Å². The first-order valence-electron chi connectivity index (χ1n) is 3.68. The van der Waals surface area contributed by atoms with Crippen LogP contribution in [0.5, 0.6) is 0 Å². The highest BCUT2D eigenvalue weighted by atomic mass is 16.1. The molecule has 0 radical (unpaired) electrons. The van der Waals surface area contributed by atoms with Gasteiger partial charge in [-0.1, -0.05) is 18.2 Å². The summed E-state index contributed by atoms with van der Waals surface area (Å²) in [7, 11) is 0. The van der Waals surface area contributed by atoms with E-state index in [4.69, 9.17) is 0 Å². The van der Waals surface area contributed by atoms with Gasteiger partial charge in [-0.3, -0.25) is 4.79 Å². The molecule has 0 saturated heterocycles. The van der Waals surface area contributed by atoms with E-state index in [-0.39, 0.29) is 5.91 Å². The molecule has 12 heavy (non-hydrogen) atoms. The summed E-state index contributed by atoms with van der Waals surface area (Å²) in [6, 6.07) is 8.92. The van der Waals surface area contributed by atoms with E-state index in [1.807, 2.05) is 6.07 Å². The monoisotopic (exact) mass is 159 g/mol. The Morgan fingerprint density at radius 1 is 1.42 bits per heavy atom. The molecule has 60 valence electrons. The Morgan fingerprint density at radius 3 is 2.67 bits per heavy atom. The highest BCUT2D eigenvalue weighted by Gasteiger charge is 1.98. The van der Waals surface area contributed by atoms with Crippen molar-refractivity contribution < 1.29 is 4.79 Å². The Morgan fingerprint density at radius 2 is 2.08 bits per heavy atom. The van der Waals surface area contributed by atoms with Gasteiger partial charge >= 0.3 is 0 Å². The SMILES string of the molecule is CC=C=NC(=O)c1ccccc1. The molecule has 0 atom stereocenters. The first-order valence-corrected chi connectivity index (χ1v) is 3.68. The molecule has 0 spiro atoms. The van der Waals surface area contributed by atoms with Crippen molar-refractivity contribution in [3.8, 4) is 0 Å². The summed E-state index contributed by atoms with van der Waals surface area (Å²) in [4.78, 5) is 14.7. The minimum Gasteiger partial charge on any atom is -0.266 e. The Hall–Kier alpha value is -1.66. The van der Waals surface area contributed by atoms with E-state index >= 15 is 0 Å². The van der Waals surface area contributed by atoms with E-state index < -0.39 is 0 Å². The number of hydrogen-bond acceptors (Lipinski definition) is 1. The molecule has 0 heterocycles. The molecule has 0 aliphatic heterocycles. The molecule has 0 fully saturated rings. The zero-order valence-corrected chi connectivity index (χ0v) is 6.82. The third kappa shape index (κ3) is 2.19. The van der Waals surface area contributed by atoms with Crippen molar-refractivity contribution in [2.75, 3.05) is 0 Å². The van der Waals surface area contributed by atoms with E-state index in [9.17, 15) is 4.79 Å². The fourth-order valence-corrected chi connectivity index (χ4v) is 0.768. The van der Waals surface area contributed by atoms with Gasteiger partial charge in [0.15, 0.2) is 0 Å². The van der Waals surface area contributed by atoms with Crippen LogP contribution < -0.4 is 0 Å². The molecule has 0 unspecified atom stereocenters. The standard InChI is InChI=1S/C10H9NO/c1-2-8-11-10(12)9-6-4-3-5-7-9/h2-7H,1H3. The Bertz CT molecular complexity index is 321. The molecule has 0 N–H and O–H groups in total. The lowest BCUT2D eigenvalue weighted by atomic mass is 10.2. The van der Waals surface area contributed by atoms with Crippen LogP contribution in [0.2, 0.25) is 0 Å².